The molecule has 3 N–H and O–H groups in total. The van der Waals surface area contributed by atoms with E-state index in [0.29, 0.717) is 23.2 Å². The molecule has 1 atom stereocenters. The number of rotatable bonds is 3. The first-order valence-electron chi connectivity index (χ1n) is 7.10. The minimum Gasteiger partial charge on any atom is -0.504 e. The Kier molecular flexibility index (Phi) is 3.33. The number of hydrogen-bond donors (Lipinski definition) is 3. The van der Waals surface area contributed by atoms with Crippen LogP contribution in [0.25, 0.3) is 11.4 Å². The standard InChI is InChI=1S/C15H19N3O3/c1-9(2)15(5-6-16-8-15)14-17-13(18-21-14)10-3-4-11(19)12(20)7-10/h3-4,7,9,16,19-20H,5-6,8H2,1-2H3. The average Bonchev–Trinajstić information content (AvgIpc) is 3.10. The summed E-state index contributed by atoms with van der Waals surface area (Å²) in [5, 5.41) is 26.3. The molecular formula is C15H19N3O3. The smallest absolute Gasteiger partial charge is 0.234 e. The highest BCUT2D eigenvalue weighted by Crippen LogP contribution is 2.38. The molecule has 2 heterocycles. The molecule has 1 unspecified atom stereocenters. The molecule has 112 valence electrons. The van der Waals surface area contributed by atoms with E-state index in [1.54, 1.807) is 6.07 Å². The summed E-state index contributed by atoms with van der Waals surface area (Å²) in [5.74, 6) is 1.08. The summed E-state index contributed by atoms with van der Waals surface area (Å²) in [6.45, 7) is 6.08. The van der Waals surface area contributed by atoms with Gasteiger partial charge in [0.2, 0.25) is 11.7 Å². The molecule has 21 heavy (non-hydrogen) atoms. The van der Waals surface area contributed by atoms with E-state index in [1.807, 2.05) is 0 Å². The van der Waals surface area contributed by atoms with E-state index in [-0.39, 0.29) is 16.9 Å². The second-order valence-corrected chi connectivity index (χ2v) is 5.86. The van der Waals surface area contributed by atoms with Gasteiger partial charge in [-0.2, -0.15) is 4.98 Å². The number of aromatic nitrogens is 2. The van der Waals surface area contributed by atoms with Crippen LogP contribution in [-0.2, 0) is 5.41 Å². The van der Waals surface area contributed by atoms with Crippen LogP contribution in [0.4, 0.5) is 0 Å². The lowest BCUT2D eigenvalue weighted by Gasteiger charge is -2.27. The van der Waals surface area contributed by atoms with Crippen LogP contribution in [-0.4, -0.2) is 33.4 Å². The number of phenolic OH excluding ortho intramolecular Hbond substituents is 2. The SMILES string of the molecule is CC(C)C1(c2nc(-c3ccc(O)c(O)c3)no2)CCNC1. The Morgan fingerprint density at radius 1 is 1.29 bits per heavy atom. The predicted octanol–water partition coefficient (Wildman–Crippen LogP) is 2.03. The molecule has 0 saturated carbocycles. The van der Waals surface area contributed by atoms with Gasteiger partial charge in [-0.1, -0.05) is 19.0 Å². The molecule has 2 aromatic rings. The van der Waals surface area contributed by atoms with Crippen LogP contribution in [0.15, 0.2) is 22.7 Å². The number of nitrogens with zero attached hydrogens (tertiary/aromatic N) is 2. The van der Waals surface area contributed by atoms with Crippen LogP contribution in [0.1, 0.15) is 26.2 Å². The Morgan fingerprint density at radius 3 is 2.71 bits per heavy atom. The second kappa shape index (κ2) is 5.04. The summed E-state index contributed by atoms with van der Waals surface area (Å²) in [5.41, 5.74) is 0.481. The lowest BCUT2D eigenvalue weighted by atomic mass is 9.76. The quantitative estimate of drug-likeness (QED) is 0.749. The fourth-order valence-electron chi connectivity index (χ4n) is 2.84. The molecule has 1 aromatic heterocycles. The van der Waals surface area contributed by atoms with Crippen LogP contribution in [0.3, 0.4) is 0 Å². The van der Waals surface area contributed by atoms with Crippen molar-refractivity contribution in [2.24, 2.45) is 5.92 Å². The number of aromatic hydroxyl groups is 2. The lowest BCUT2D eigenvalue weighted by Crippen LogP contribution is -2.35. The third-order valence-electron chi connectivity index (χ3n) is 4.38. The molecule has 6 heteroatoms. The van der Waals surface area contributed by atoms with Gasteiger partial charge < -0.3 is 20.1 Å². The van der Waals surface area contributed by atoms with Crippen molar-refractivity contribution in [2.75, 3.05) is 13.1 Å². The molecule has 0 bridgehead atoms. The van der Waals surface area contributed by atoms with Gasteiger partial charge in [-0.05, 0) is 37.1 Å². The molecule has 6 nitrogen and oxygen atoms in total. The van der Waals surface area contributed by atoms with Crippen molar-refractivity contribution in [3.05, 3.63) is 24.1 Å². The van der Waals surface area contributed by atoms with E-state index < -0.39 is 0 Å². The van der Waals surface area contributed by atoms with Gasteiger partial charge in [0.25, 0.3) is 0 Å². The Hall–Kier alpha value is -2.08. The molecular weight excluding hydrogens is 270 g/mol. The molecule has 1 fully saturated rings. The summed E-state index contributed by atoms with van der Waals surface area (Å²) in [4.78, 5) is 4.52. The summed E-state index contributed by atoms with van der Waals surface area (Å²) in [6, 6.07) is 4.49. The van der Waals surface area contributed by atoms with Gasteiger partial charge in [-0.3, -0.25) is 0 Å². The van der Waals surface area contributed by atoms with Crippen molar-refractivity contribution in [3.8, 4) is 22.9 Å². The van der Waals surface area contributed by atoms with Crippen LogP contribution in [0.5, 0.6) is 11.5 Å². The zero-order chi connectivity index (χ0) is 15.0. The number of nitrogens with one attached hydrogen (secondary N) is 1. The largest absolute Gasteiger partial charge is 0.504 e. The molecule has 1 saturated heterocycles. The molecule has 0 spiro atoms. The first-order valence-corrected chi connectivity index (χ1v) is 7.10. The van der Waals surface area contributed by atoms with Crippen molar-refractivity contribution in [1.29, 1.82) is 0 Å². The van der Waals surface area contributed by atoms with Crippen molar-refractivity contribution in [3.63, 3.8) is 0 Å². The second-order valence-electron chi connectivity index (χ2n) is 5.86. The van der Waals surface area contributed by atoms with Crippen LogP contribution >= 0.6 is 0 Å². The van der Waals surface area contributed by atoms with E-state index >= 15 is 0 Å². The zero-order valence-corrected chi connectivity index (χ0v) is 12.1. The van der Waals surface area contributed by atoms with E-state index in [4.69, 9.17) is 4.52 Å². The van der Waals surface area contributed by atoms with Gasteiger partial charge >= 0.3 is 0 Å². The van der Waals surface area contributed by atoms with Crippen molar-refractivity contribution < 1.29 is 14.7 Å². The van der Waals surface area contributed by atoms with Gasteiger partial charge in [0.05, 0.1) is 5.41 Å². The van der Waals surface area contributed by atoms with E-state index in [2.05, 4.69) is 29.3 Å². The fourth-order valence-corrected chi connectivity index (χ4v) is 2.84. The van der Waals surface area contributed by atoms with Crippen molar-refractivity contribution in [1.82, 2.24) is 15.5 Å². The molecule has 1 aromatic carbocycles. The van der Waals surface area contributed by atoms with Gasteiger partial charge in [0.1, 0.15) is 0 Å². The Balaban J connectivity index is 1.97. The van der Waals surface area contributed by atoms with Crippen LogP contribution < -0.4 is 5.32 Å². The number of phenols is 2. The minimum absolute atomic E-state index is 0.135. The highest BCUT2D eigenvalue weighted by molar-refractivity contribution is 5.60. The van der Waals surface area contributed by atoms with E-state index in [9.17, 15) is 10.2 Å². The van der Waals surface area contributed by atoms with Gasteiger partial charge in [0, 0.05) is 12.1 Å². The first-order chi connectivity index (χ1) is 10.0. The van der Waals surface area contributed by atoms with Gasteiger partial charge in [-0.15, -0.1) is 0 Å². The zero-order valence-electron chi connectivity index (χ0n) is 12.1. The van der Waals surface area contributed by atoms with E-state index in [0.717, 1.165) is 19.5 Å². The normalized spacial score (nSPS) is 22.0. The van der Waals surface area contributed by atoms with Gasteiger partial charge in [-0.25, -0.2) is 0 Å². The van der Waals surface area contributed by atoms with Crippen LogP contribution in [0, 0.1) is 5.92 Å². The maximum absolute atomic E-state index is 9.57. The third kappa shape index (κ3) is 2.25. The lowest BCUT2D eigenvalue weighted by molar-refractivity contribution is 0.234. The van der Waals surface area contributed by atoms with Gasteiger partial charge in [0.15, 0.2) is 11.5 Å². The van der Waals surface area contributed by atoms with Crippen LogP contribution in [0.2, 0.25) is 0 Å². The average molecular weight is 289 g/mol. The fraction of sp³-hybridized carbons (Fsp3) is 0.467. The predicted molar refractivity (Wildman–Crippen MR) is 77.1 cm³/mol. The first kappa shape index (κ1) is 13.9. The minimum atomic E-state index is -0.194. The summed E-state index contributed by atoms with van der Waals surface area (Å²) < 4.78 is 5.49. The topological polar surface area (TPSA) is 91.4 Å². The molecule has 0 amide bonds. The highest BCUT2D eigenvalue weighted by atomic mass is 16.5. The Bertz CT molecular complexity index is 645. The van der Waals surface area contributed by atoms with Crippen molar-refractivity contribution >= 4 is 0 Å². The Morgan fingerprint density at radius 2 is 2.10 bits per heavy atom. The third-order valence-corrected chi connectivity index (χ3v) is 4.38. The summed E-state index contributed by atoms with van der Waals surface area (Å²) in [6.07, 6.45) is 0.965. The molecule has 0 radical (unpaired) electrons. The highest BCUT2D eigenvalue weighted by Gasteiger charge is 2.43. The Labute approximate surface area is 122 Å². The molecule has 0 aliphatic carbocycles. The number of hydrogen-bond acceptors (Lipinski definition) is 6. The number of benzene rings is 1. The summed E-state index contributed by atoms with van der Waals surface area (Å²) >= 11 is 0. The van der Waals surface area contributed by atoms with Crippen molar-refractivity contribution in [2.45, 2.75) is 25.7 Å². The molecule has 1 aliphatic heterocycles. The maximum Gasteiger partial charge on any atom is 0.234 e. The molecule has 3 rings (SSSR count). The van der Waals surface area contributed by atoms with E-state index in [1.165, 1.54) is 12.1 Å². The summed E-state index contributed by atoms with van der Waals surface area (Å²) in [7, 11) is 0. The monoisotopic (exact) mass is 289 g/mol. The molecule has 1 aliphatic rings. The maximum atomic E-state index is 9.57.